The Kier molecular flexibility index (Phi) is 6.97. The molecule has 1 rings (SSSR count). The van der Waals surface area contributed by atoms with E-state index in [4.69, 9.17) is 5.73 Å². The number of aliphatic imine (C=N–C) groups is 1. The molecule has 8 heteroatoms. The van der Waals surface area contributed by atoms with Gasteiger partial charge < -0.3 is 11.1 Å². The Morgan fingerprint density at radius 3 is 2.75 bits per heavy atom. The average molecular weight is 318 g/mol. The molecule has 0 aromatic carbocycles. The smallest absolute Gasteiger partial charge is 0.250 e. The van der Waals surface area contributed by atoms with Crippen LogP contribution in [0.25, 0.3) is 0 Å². The lowest BCUT2D eigenvalue weighted by Gasteiger charge is -2.07. The molecule has 0 fully saturated rings. The summed E-state index contributed by atoms with van der Waals surface area (Å²) < 4.78 is 26.7. The SMILES string of the molecule is CCCCN=C(N)NCCNS(=O)(=O)c1ccc(C)s1. The number of sulfonamides is 1. The summed E-state index contributed by atoms with van der Waals surface area (Å²) in [5.74, 6) is 0.351. The Morgan fingerprint density at radius 1 is 1.40 bits per heavy atom. The van der Waals surface area contributed by atoms with Crippen LogP contribution in [0.15, 0.2) is 21.3 Å². The Labute approximate surface area is 124 Å². The fourth-order valence-corrected chi connectivity index (χ4v) is 3.78. The number of rotatable bonds is 8. The van der Waals surface area contributed by atoms with E-state index < -0.39 is 10.0 Å². The van der Waals surface area contributed by atoms with Crippen LogP contribution in [0.4, 0.5) is 0 Å². The van der Waals surface area contributed by atoms with Gasteiger partial charge in [0.1, 0.15) is 4.21 Å². The van der Waals surface area contributed by atoms with Gasteiger partial charge in [0.05, 0.1) is 0 Å². The first kappa shape index (κ1) is 16.9. The standard InChI is InChI=1S/C12H22N4O2S2/c1-3-4-7-14-12(13)15-8-9-16-20(17,18)11-6-5-10(2)19-11/h5-6,16H,3-4,7-9H2,1-2H3,(H3,13,14,15). The zero-order valence-corrected chi connectivity index (χ0v) is 13.5. The molecule has 0 spiro atoms. The number of nitrogens with one attached hydrogen (secondary N) is 2. The molecule has 0 saturated heterocycles. The van der Waals surface area contributed by atoms with Crippen LogP contribution in [0.2, 0.25) is 0 Å². The number of aryl methyl sites for hydroxylation is 1. The molecular formula is C12H22N4O2S2. The molecule has 0 atom stereocenters. The molecule has 6 nitrogen and oxygen atoms in total. The molecule has 1 aromatic rings. The first-order chi connectivity index (χ1) is 9.45. The van der Waals surface area contributed by atoms with Crippen LogP contribution < -0.4 is 15.8 Å². The largest absolute Gasteiger partial charge is 0.370 e. The van der Waals surface area contributed by atoms with E-state index in [1.807, 2.05) is 6.92 Å². The summed E-state index contributed by atoms with van der Waals surface area (Å²) in [6, 6.07) is 3.40. The van der Waals surface area contributed by atoms with Crippen molar-refractivity contribution >= 4 is 27.3 Å². The van der Waals surface area contributed by atoms with Crippen LogP contribution in [-0.2, 0) is 10.0 Å². The van der Waals surface area contributed by atoms with Crippen molar-refractivity contribution in [3.63, 3.8) is 0 Å². The molecule has 1 aromatic heterocycles. The van der Waals surface area contributed by atoms with Crippen molar-refractivity contribution in [3.05, 3.63) is 17.0 Å². The maximum Gasteiger partial charge on any atom is 0.250 e. The summed E-state index contributed by atoms with van der Waals surface area (Å²) in [4.78, 5) is 5.09. The highest BCUT2D eigenvalue weighted by molar-refractivity contribution is 7.91. The van der Waals surface area contributed by atoms with Gasteiger partial charge in [-0.05, 0) is 25.5 Å². The van der Waals surface area contributed by atoms with E-state index in [9.17, 15) is 8.42 Å². The van der Waals surface area contributed by atoms with E-state index in [2.05, 4.69) is 22.0 Å². The Bertz CT molecular complexity index is 537. The van der Waals surface area contributed by atoms with Crippen LogP contribution in [-0.4, -0.2) is 34.0 Å². The number of unbranched alkanes of at least 4 members (excludes halogenated alkanes) is 1. The minimum atomic E-state index is -3.41. The predicted octanol–water partition coefficient (Wildman–Crippen LogP) is 1.04. The molecule has 114 valence electrons. The summed E-state index contributed by atoms with van der Waals surface area (Å²) in [6.07, 6.45) is 2.06. The van der Waals surface area contributed by atoms with E-state index in [1.54, 1.807) is 12.1 Å². The normalized spacial score (nSPS) is 12.6. The topological polar surface area (TPSA) is 96.6 Å². The van der Waals surface area contributed by atoms with Crippen molar-refractivity contribution in [2.75, 3.05) is 19.6 Å². The molecule has 0 bridgehead atoms. The Balaban J connectivity index is 2.32. The summed E-state index contributed by atoms with van der Waals surface area (Å²) in [7, 11) is -3.41. The van der Waals surface area contributed by atoms with Gasteiger partial charge in [-0.1, -0.05) is 13.3 Å². The summed E-state index contributed by atoms with van der Waals surface area (Å²) in [6.45, 7) is 5.32. The predicted molar refractivity (Wildman–Crippen MR) is 83.6 cm³/mol. The first-order valence-electron chi connectivity index (χ1n) is 6.55. The second-order valence-electron chi connectivity index (χ2n) is 4.31. The molecule has 0 aliphatic carbocycles. The van der Waals surface area contributed by atoms with Crippen molar-refractivity contribution in [2.24, 2.45) is 10.7 Å². The Hall–Kier alpha value is -1.12. The summed E-state index contributed by atoms with van der Waals surface area (Å²) in [5, 5.41) is 2.88. The number of hydrogen-bond donors (Lipinski definition) is 3. The van der Waals surface area contributed by atoms with E-state index in [0.29, 0.717) is 23.3 Å². The summed E-state index contributed by atoms with van der Waals surface area (Å²) in [5.41, 5.74) is 5.64. The van der Waals surface area contributed by atoms with Crippen LogP contribution in [0.5, 0.6) is 0 Å². The minimum Gasteiger partial charge on any atom is -0.370 e. The molecule has 1 heterocycles. The van der Waals surface area contributed by atoms with Gasteiger partial charge in [-0.15, -0.1) is 11.3 Å². The van der Waals surface area contributed by atoms with Crippen LogP contribution in [0.3, 0.4) is 0 Å². The molecule has 0 aliphatic heterocycles. The van der Waals surface area contributed by atoms with Gasteiger partial charge >= 0.3 is 0 Å². The third-order valence-corrected chi connectivity index (χ3v) is 5.45. The third-order valence-electron chi connectivity index (χ3n) is 2.50. The second-order valence-corrected chi connectivity index (χ2v) is 7.59. The van der Waals surface area contributed by atoms with Gasteiger partial charge in [-0.3, -0.25) is 4.99 Å². The number of guanidine groups is 1. The highest BCUT2D eigenvalue weighted by Gasteiger charge is 2.14. The number of hydrogen-bond acceptors (Lipinski definition) is 4. The lowest BCUT2D eigenvalue weighted by atomic mass is 10.3. The molecular weight excluding hydrogens is 296 g/mol. The molecule has 0 radical (unpaired) electrons. The monoisotopic (exact) mass is 318 g/mol. The van der Waals surface area contributed by atoms with Crippen molar-refractivity contribution in [1.29, 1.82) is 0 Å². The fourth-order valence-electron chi connectivity index (χ4n) is 1.42. The molecule has 0 unspecified atom stereocenters. The van der Waals surface area contributed by atoms with Gasteiger partial charge in [0.2, 0.25) is 10.0 Å². The zero-order chi connectivity index (χ0) is 15.0. The maximum absolute atomic E-state index is 11.9. The van der Waals surface area contributed by atoms with Gasteiger partial charge in [0, 0.05) is 24.5 Å². The fraction of sp³-hybridized carbons (Fsp3) is 0.583. The van der Waals surface area contributed by atoms with Gasteiger partial charge in [-0.25, -0.2) is 13.1 Å². The van der Waals surface area contributed by atoms with Gasteiger partial charge in [-0.2, -0.15) is 0 Å². The second kappa shape index (κ2) is 8.23. The van der Waals surface area contributed by atoms with Gasteiger partial charge in [0.15, 0.2) is 5.96 Å². The number of thiophene rings is 1. The van der Waals surface area contributed by atoms with Crippen molar-refractivity contribution < 1.29 is 8.42 Å². The highest BCUT2D eigenvalue weighted by atomic mass is 32.2. The van der Waals surface area contributed by atoms with Crippen molar-refractivity contribution in [2.45, 2.75) is 30.9 Å². The highest BCUT2D eigenvalue weighted by Crippen LogP contribution is 2.19. The Morgan fingerprint density at radius 2 is 2.15 bits per heavy atom. The van der Waals surface area contributed by atoms with E-state index in [-0.39, 0.29) is 6.54 Å². The zero-order valence-electron chi connectivity index (χ0n) is 11.8. The minimum absolute atomic E-state index is 0.267. The van der Waals surface area contributed by atoms with E-state index in [1.165, 1.54) is 11.3 Å². The first-order valence-corrected chi connectivity index (χ1v) is 8.85. The van der Waals surface area contributed by atoms with Gasteiger partial charge in [0.25, 0.3) is 0 Å². The van der Waals surface area contributed by atoms with Crippen LogP contribution >= 0.6 is 11.3 Å². The molecule has 20 heavy (non-hydrogen) atoms. The van der Waals surface area contributed by atoms with Crippen LogP contribution in [0.1, 0.15) is 24.6 Å². The molecule has 4 N–H and O–H groups in total. The van der Waals surface area contributed by atoms with E-state index >= 15 is 0 Å². The third kappa shape index (κ3) is 5.89. The average Bonchev–Trinajstić information content (AvgIpc) is 2.83. The van der Waals surface area contributed by atoms with Crippen molar-refractivity contribution in [3.8, 4) is 0 Å². The lowest BCUT2D eigenvalue weighted by molar-refractivity contribution is 0.583. The van der Waals surface area contributed by atoms with Crippen LogP contribution in [0, 0.1) is 6.92 Å². The van der Waals surface area contributed by atoms with E-state index in [0.717, 1.165) is 17.7 Å². The number of nitrogens with zero attached hydrogens (tertiary/aromatic N) is 1. The number of nitrogens with two attached hydrogens (primary N) is 1. The molecule has 0 amide bonds. The quantitative estimate of drug-likeness (QED) is 0.379. The molecule has 0 aliphatic rings. The lowest BCUT2D eigenvalue weighted by Crippen LogP contribution is -2.38. The molecule has 0 saturated carbocycles. The maximum atomic E-state index is 11.9. The summed E-state index contributed by atoms with van der Waals surface area (Å²) >= 11 is 1.25. The van der Waals surface area contributed by atoms with Crippen molar-refractivity contribution in [1.82, 2.24) is 10.0 Å².